The summed E-state index contributed by atoms with van der Waals surface area (Å²) in [5.74, 6) is -2.69. The zero-order valence-electron chi connectivity index (χ0n) is 10.9. The summed E-state index contributed by atoms with van der Waals surface area (Å²) in [4.78, 5) is 16.3. The van der Waals surface area contributed by atoms with Crippen molar-refractivity contribution in [3.63, 3.8) is 0 Å². The fourth-order valence-electron chi connectivity index (χ4n) is 1.80. The molecule has 12 heteroatoms. The maximum Gasteiger partial charge on any atom is 0.447 e. The lowest BCUT2D eigenvalue weighted by Gasteiger charge is -2.14. The molecule has 7 nitrogen and oxygen atoms in total. The number of hydrazine groups is 1. The topological polar surface area (TPSA) is 72.5 Å². The SMILES string of the molecule is I.O=c1onc(N2C=CON2)n1-c1ccc(F)c(C(F)(F)F)c1. The second-order valence-electron chi connectivity index (χ2n) is 4.11. The highest BCUT2D eigenvalue weighted by Gasteiger charge is 2.35. The van der Waals surface area contributed by atoms with E-state index in [2.05, 4.69) is 20.1 Å². The van der Waals surface area contributed by atoms with Crippen LogP contribution in [0, 0.1) is 5.82 Å². The van der Waals surface area contributed by atoms with Gasteiger partial charge in [-0.2, -0.15) is 13.2 Å². The van der Waals surface area contributed by atoms with Crippen molar-refractivity contribution in [2.45, 2.75) is 6.18 Å². The van der Waals surface area contributed by atoms with Gasteiger partial charge in [0.05, 0.1) is 17.5 Å². The molecule has 2 heterocycles. The molecule has 1 aromatic heterocycles. The van der Waals surface area contributed by atoms with E-state index in [1.165, 1.54) is 12.5 Å². The Bertz CT molecular complexity index is 801. The number of rotatable bonds is 2. The van der Waals surface area contributed by atoms with Crippen molar-refractivity contribution in [2.24, 2.45) is 0 Å². The smallest absolute Gasteiger partial charge is 0.395 e. The molecule has 23 heavy (non-hydrogen) atoms. The molecular formula is C11H7F4IN4O3. The van der Waals surface area contributed by atoms with E-state index in [1.54, 1.807) is 0 Å². The second-order valence-corrected chi connectivity index (χ2v) is 4.11. The molecular weight excluding hydrogens is 439 g/mol. The number of benzene rings is 1. The van der Waals surface area contributed by atoms with Gasteiger partial charge in [-0.1, -0.05) is 5.59 Å². The van der Waals surface area contributed by atoms with Crippen molar-refractivity contribution in [1.29, 1.82) is 0 Å². The van der Waals surface area contributed by atoms with Crippen LogP contribution in [0.5, 0.6) is 0 Å². The van der Waals surface area contributed by atoms with Crippen LogP contribution in [0.3, 0.4) is 0 Å². The molecule has 0 aliphatic carbocycles. The summed E-state index contributed by atoms with van der Waals surface area (Å²) in [6.07, 6.45) is -2.40. The van der Waals surface area contributed by atoms with Gasteiger partial charge in [-0.15, -0.1) is 24.0 Å². The van der Waals surface area contributed by atoms with Crippen molar-refractivity contribution in [1.82, 2.24) is 15.3 Å². The maximum atomic E-state index is 13.3. The van der Waals surface area contributed by atoms with Crippen LogP contribution in [0.25, 0.3) is 5.69 Å². The van der Waals surface area contributed by atoms with E-state index in [4.69, 9.17) is 0 Å². The lowest BCUT2D eigenvalue weighted by molar-refractivity contribution is -0.140. The fourth-order valence-corrected chi connectivity index (χ4v) is 1.80. The van der Waals surface area contributed by atoms with Crippen LogP contribution in [-0.2, 0) is 11.0 Å². The maximum absolute atomic E-state index is 13.3. The van der Waals surface area contributed by atoms with Crippen LogP contribution in [0.15, 0.2) is 40.0 Å². The van der Waals surface area contributed by atoms with E-state index in [9.17, 15) is 22.4 Å². The Morgan fingerprint density at radius 2 is 2.00 bits per heavy atom. The molecule has 0 saturated heterocycles. The monoisotopic (exact) mass is 446 g/mol. The van der Waals surface area contributed by atoms with Gasteiger partial charge < -0.3 is 4.84 Å². The molecule has 0 atom stereocenters. The van der Waals surface area contributed by atoms with Gasteiger partial charge >= 0.3 is 11.9 Å². The summed E-state index contributed by atoms with van der Waals surface area (Å²) in [5.41, 5.74) is 0.521. The third-order valence-corrected chi connectivity index (χ3v) is 2.75. The lowest BCUT2D eigenvalue weighted by Crippen LogP contribution is -2.31. The van der Waals surface area contributed by atoms with E-state index in [0.717, 1.165) is 15.6 Å². The molecule has 1 aliphatic rings. The van der Waals surface area contributed by atoms with Crippen molar-refractivity contribution in [3.05, 3.63) is 52.6 Å². The van der Waals surface area contributed by atoms with Crippen LogP contribution in [0.4, 0.5) is 23.5 Å². The highest BCUT2D eigenvalue weighted by molar-refractivity contribution is 14.0. The van der Waals surface area contributed by atoms with E-state index in [-0.39, 0.29) is 35.6 Å². The van der Waals surface area contributed by atoms with E-state index in [1.807, 2.05) is 0 Å². The van der Waals surface area contributed by atoms with Gasteiger partial charge in [0.1, 0.15) is 12.1 Å². The van der Waals surface area contributed by atoms with Gasteiger partial charge in [0.2, 0.25) is 0 Å². The van der Waals surface area contributed by atoms with Crippen LogP contribution < -0.4 is 16.4 Å². The predicted octanol–water partition coefficient (Wildman–Crippen LogP) is 2.33. The molecule has 1 aromatic carbocycles. The fraction of sp³-hybridized carbons (Fsp3) is 0.0909. The highest BCUT2D eigenvalue weighted by atomic mass is 127. The number of aromatic nitrogens is 2. The quantitative estimate of drug-likeness (QED) is 0.565. The van der Waals surface area contributed by atoms with Crippen LogP contribution in [0.1, 0.15) is 5.56 Å². The van der Waals surface area contributed by atoms with E-state index in [0.29, 0.717) is 12.1 Å². The Labute approximate surface area is 142 Å². The summed E-state index contributed by atoms with van der Waals surface area (Å²) in [5, 5.41) is 4.51. The Morgan fingerprint density at radius 1 is 1.26 bits per heavy atom. The molecule has 0 fully saturated rings. The van der Waals surface area contributed by atoms with Gasteiger partial charge in [0, 0.05) is 0 Å². The largest absolute Gasteiger partial charge is 0.447 e. The first kappa shape index (κ1) is 17.3. The minimum absolute atomic E-state index is 0. The lowest BCUT2D eigenvalue weighted by atomic mass is 10.2. The molecule has 2 aromatic rings. The standard InChI is InChI=1S/C11H6F4N4O3.HI/c12-8-2-1-6(5-7(8)11(13,14)15)19-9(16-22-10(19)20)18-3-4-21-17-18;/h1-5,17H;1H. The number of alkyl halides is 3. The van der Waals surface area contributed by atoms with Crippen molar-refractivity contribution < 1.29 is 26.9 Å². The van der Waals surface area contributed by atoms with Crippen LogP contribution >= 0.6 is 24.0 Å². The van der Waals surface area contributed by atoms with Crippen LogP contribution in [0.2, 0.25) is 0 Å². The number of hydrogen-bond acceptors (Lipinski definition) is 6. The number of nitrogens with zero attached hydrogens (tertiary/aromatic N) is 3. The van der Waals surface area contributed by atoms with Gasteiger partial charge in [0.25, 0.3) is 5.95 Å². The molecule has 3 rings (SSSR count). The van der Waals surface area contributed by atoms with Crippen molar-refractivity contribution in [2.75, 3.05) is 5.01 Å². The third-order valence-electron chi connectivity index (χ3n) is 2.75. The molecule has 0 radical (unpaired) electrons. The van der Waals surface area contributed by atoms with Gasteiger partial charge in [-0.3, -0.25) is 4.52 Å². The molecule has 0 saturated carbocycles. The van der Waals surface area contributed by atoms with Gasteiger partial charge in [-0.05, 0) is 23.4 Å². The highest BCUT2D eigenvalue weighted by Crippen LogP contribution is 2.33. The average Bonchev–Trinajstić information content (AvgIpc) is 3.07. The van der Waals surface area contributed by atoms with Crippen LogP contribution in [-0.4, -0.2) is 9.72 Å². The predicted molar refractivity (Wildman–Crippen MR) is 78.3 cm³/mol. The van der Waals surface area contributed by atoms with E-state index < -0.39 is 23.3 Å². The van der Waals surface area contributed by atoms with Gasteiger partial charge in [-0.25, -0.2) is 18.8 Å². The normalized spacial score (nSPS) is 13.8. The average molecular weight is 446 g/mol. The Kier molecular flexibility index (Phi) is 4.65. The number of anilines is 1. The zero-order chi connectivity index (χ0) is 15.9. The molecule has 0 unspecified atom stereocenters. The Morgan fingerprint density at radius 3 is 2.61 bits per heavy atom. The minimum atomic E-state index is -4.91. The second kappa shape index (κ2) is 6.19. The minimum Gasteiger partial charge on any atom is -0.395 e. The zero-order valence-corrected chi connectivity index (χ0v) is 13.2. The first-order chi connectivity index (χ1) is 10.4. The first-order valence-corrected chi connectivity index (χ1v) is 5.71. The summed E-state index contributed by atoms with van der Waals surface area (Å²) < 4.78 is 56.7. The number of hydrogen-bond donors (Lipinski definition) is 1. The summed E-state index contributed by atoms with van der Waals surface area (Å²) in [6, 6.07) is 2.08. The summed E-state index contributed by atoms with van der Waals surface area (Å²) in [6.45, 7) is 0. The van der Waals surface area contributed by atoms with E-state index >= 15 is 0 Å². The summed E-state index contributed by atoms with van der Waals surface area (Å²) >= 11 is 0. The first-order valence-electron chi connectivity index (χ1n) is 5.71. The molecule has 1 N–H and O–H groups in total. The van der Waals surface area contributed by atoms with Crippen molar-refractivity contribution >= 4 is 29.9 Å². The molecule has 0 bridgehead atoms. The number of halogens is 5. The molecule has 0 amide bonds. The van der Waals surface area contributed by atoms with Crippen molar-refractivity contribution in [3.8, 4) is 5.69 Å². The summed E-state index contributed by atoms with van der Waals surface area (Å²) in [7, 11) is 0. The van der Waals surface area contributed by atoms with Gasteiger partial charge in [0.15, 0.2) is 0 Å². The molecule has 124 valence electrons. The Hall–Kier alpha value is -2.09. The third kappa shape index (κ3) is 3.17. The number of nitrogens with one attached hydrogen (secondary N) is 1. The molecule has 0 spiro atoms. The molecule has 1 aliphatic heterocycles. The Balaban J connectivity index is 0.00000192.